The molecule has 140 valence electrons. The average molecular weight is 362 g/mol. The first-order valence-corrected chi connectivity index (χ1v) is 9.13. The van der Waals surface area contributed by atoms with Crippen molar-refractivity contribution >= 4 is 0 Å². The van der Waals surface area contributed by atoms with Crippen molar-refractivity contribution in [2.24, 2.45) is 0 Å². The number of rotatable bonds is 3. The molecule has 0 saturated carbocycles. The fraction of sp³-hybridized carbons (Fsp3) is 0.304. The lowest BCUT2D eigenvalue weighted by Crippen LogP contribution is -2.23. The van der Waals surface area contributed by atoms with E-state index >= 15 is 0 Å². The third-order valence-electron chi connectivity index (χ3n) is 4.86. The lowest BCUT2D eigenvalue weighted by molar-refractivity contribution is 0.448. The van der Waals surface area contributed by atoms with Crippen molar-refractivity contribution in [3.63, 3.8) is 0 Å². The van der Waals surface area contributed by atoms with E-state index in [1.54, 1.807) is 4.57 Å². The maximum atomic E-state index is 12.7. The maximum Gasteiger partial charge on any atom is 0.257 e. The zero-order chi connectivity index (χ0) is 19.8. The normalized spacial score (nSPS) is 11.6. The zero-order valence-corrected chi connectivity index (χ0v) is 16.6. The fourth-order valence-corrected chi connectivity index (χ4v) is 3.30. The van der Waals surface area contributed by atoms with Crippen LogP contribution in [0.15, 0.2) is 53.3 Å². The Morgan fingerprint density at radius 1 is 1.00 bits per heavy atom. The van der Waals surface area contributed by atoms with Gasteiger partial charge in [-0.3, -0.25) is 9.36 Å². The van der Waals surface area contributed by atoms with Crippen molar-refractivity contribution in [3.05, 3.63) is 81.1 Å². The van der Waals surface area contributed by atoms with Gasteiger partial charge in [-0.25, -0.2) is 0 Å². The molecule has 4 nitrogen and oxygen atoms in total. The van der Waals surface area contributed by atoms with Gasteiger partial charge in [0, 0.05) is 5.56 Å². The predicted molar refractivity (Wildman–Crippen MR) is 109 cm³/mol. The van der Waals surface area contributed by atoms with Crippen LogP contribution in [0.4, 0.5) is 0 Å². The smallest absolute Gasteiger partial charge is 0.257 e. The highest BCUT2D eigenvalue weighted by Gasteiger charge is 2.16. The topological polar surface area (TPSA) is 55.1 Å². The Labute approximate surface area is 160 Å². The molecule has 27 heavy (non-hydrogen) atoms. The van der Waals surface area contributed by atoms with E-state index in [1.807, 2.05) is 44.2 Å². The summed E-state index contributed by atoms with van der Waals surface area (Å²) in [6, 6.07) is 15.4. The van der Waals surface area contributed by atoms with Crippen molar-refractivity contribution in [1.82, 2.24) is 9.55 Å². The summed E-state index contributed by atoms with van der Waals surface area (Å²) in [4.78, 5) is 16.9. The third-order valence-corrected chi connectivity index (χ3v) is 4.86. The van der Waals surface area contributed by atoms with Gasteiger partial charge in [0.05, 0.1) is 12.6 Å². The monoisotopic (exact) mass is 362 g/mol. The molecule has 0 atom stereocenters. The first-order valence-electron chi connectivity index (χ1n) is 9.13. The van der Waals surface area contributed by atoms with E-state index in [0.717, 1.165) is 22.3 Å². The van der Waals surface area contributed by atoms with Crippen LogP contribution in [0.25, 0.3) is 11.4 Å². The maximum absolute atomic E-state index is 12.7. The van der Waals surface area contributed by atoms with Gasteiger partial charge in [0.15, 0.2) is 0 Å². The van der Waals surface area contributed by atoms with Gasteiger partial charge in [-0.1, -0.05) is 63.2 Å². The van der Waals surface area contributed by atoms with Crippen molar-refractivity contribution in [3.8, 4) is 17.3 Å². The SMILES string of the molecule is Cc1cccc(C)c1-c1nc(O)cc(=O)n1Cc1ccc(C(C)(C)C)cc1. The number of aromatic hydroxyl groups is 1. The van der Waals surface area contributed by atoms with Crippen LogP contribution in [-0.2, 0) is 12.0 Å². The van der Waals surface area contributed by atoms with Crippen LogP contribution in [0, 0.1) is 13.8 Å². The van der Waals surface area contributed by atoms with Gasteiger partial charge in [0.25, 0.3) is 5.56 Å². The van der Waals surface area contributed by atoms with Gasteiger partial charge in [-0.05, 0) is 41.5 Å². The summed E-state index contributed by atoms with van der Waals surface area (Å²) in [5, 5.41) is 9.93. The van der Waals surface area contributed by atoms with Crippen molar-refractivity contribution in [2.45, 2.75) is 46.6 Å². The summed E-state index contributed by atoms with van der Waals surface area (Å²) in [7, 11) is 0. The first-order chi connectivity index (χ1) is 12.7. The van der Waals surface area contributed by atoms with Crippen LogP contribution in [0.3, 0.4) is 0 Å². The molecular weight excluding hydrogens is 336 g/mol. The number of nitrogens with zero attached hydrogens (tertiary/aromatic N) is 2. The molecule has 1 N–H and O–H groups in total. The highest BCUT2D eigenvalue weighted by Crippen LogP contribution is 2.27. The Kier molecular flexibility index (Phi) is 4.92. The number of aromatic nitrogens is 2. The molecule has 0 bridgehead atoms. The van der Waals surface area contributed by atoms with Crippen LogP contribution in [0.2, 0.25) is 0 Å². The summed E-state index contributed by atoms with van der Waals surface area (Å²) in [6.07, 6.45) is 0. The van der Waals surface area contributed by atoms with Gasteiger partial charge < -0.3 is 5.11 Å². The molecule has 0 amide bonds. The fourth-order valence-electron chi connectivity index (χ4n) is 3.30. The molecule has 0 saturated heterocycles. The minimum atomic E-state index is -0.264. The molecule has 0 aliphatic rings. The van der Waals surface area contributed by atoms with Crippen LogP contribution in [0.5, 0.6) is 5.88 Å². The number of aryl methyl sites for hydroxylation is 2. The number of benzene rings is 2. The summed E-state index contributed by atoms with van der Waals surface area (Å²) >= 11 is 0. The van der Waals surface area contributed by atoms with Gasteiger partial charge in [-0.15, -0.1) is 0 Å². The zero-order valence-electron chi connectivity index (χ0n) is 16.6. The Morgan fingerprint density at radius 2 is 1.59 bits per heavy atom. The van der Waals surface area contributed by atoms with Crippen molar-refractivity contribution in [2.75, 3.05) is 0 Å². The minimum absolute atomic E-state index is 0.0822. The van der Waals surface area contributed by atoms with E-state index in [4.69, 9.17) is 0 Å². The summed E-state index contributed by atoms with van der Waals surface area (Å²) in [5.74, 6) is 0.243. The van der Waals surface area contributed by atoms with Crippen molar-refractivity contribution < 1.29 is 5.11 Å². The molecule has 0 aliphatic heterocycles. The summed E-state index contributed by atoms with van der Waals surface area (Å²) in [6.45, 7) is 10.9. The van der Waals surface area contributed by atoms with Gasteiger partial charge in [0.1, 0.15) is 5.82 Å². The molecule has 0 fully saturated rings. The van der Waals surface area contributed by atoms with E-state index < -0.39 is 0 Å². The molecule has 0 spiro atoms. The molecule has 3 rings (SSSR count). The summed E-state index contributed by atoms with van der Waals surface area (Å²) in [5.41, 5.74) is 5.01. The third kappa shape index (κ3) is 3.95. The van der Waals surface area contributed by atoms with Crippen LogP contribution in [-0.4, -0.2) is 14.7 Å². The summed E-state index contributed by atoms with van der Waals surface area (Å²) < 4.78 is 1.63. The molecule has 4 heteroatoms. The van der Waals surface area contributed by atoms with Crippen LogP contribution >= 0.6 is 0 Å². The number of hydrogen-bond donors (Lipinski definition) is 1. The quantitative estimate of drug-likeness (QED) is 0.742. The number of hydrogen-bond acceptors (Lipinski definition) is 3. The van der Waals surface area contributed by atoms with Gasteiger partial charge in [0.2, 0.25) is 5.88 Å². The van der Waals surface area contributed by atoms with E-state index in [-0.39, 0.29) is 16.9 Å². The van der Waals surface area contributed by atoms with E-state index in [2.05, 4.69) is 37.9 Å². The van der Waals surface area contributed by atoms with E-state index in [0.29, 0.717) is 12.4 Å². The molecule has 0 radical (unpaired) electrons. The Hall–Kier alpha value is -2.88. The molecule has 0 unspecified atom stereocenters. The van der Waals surface area contributed by atoms with Crippen LogP contribution < -0.4 is 5.56 Å². The Morgan fingerprint density at radius 3 is 2.15 bits per heavy atom. The molecule has 1 heterocycles. The minimum Gasteiger partial charge on any atom is -0.493 e. The van der Waals surface area contributed by atoms with Gasteiger partial charge >= 0.3 is 0 Å². The molecular formula is C23H26N2O2. The molecule has 2 aromatic carbocycles. The molecule has 0 aliphatic carbocycles. The van der Waals surface area contributed by atoms with Crippen molar-refractivity contribution in [1.29, 1.82) is 0 Å². The standard InChI is InChI=1S/C23H26N2O2/c1-15-7-6-8-16(2)21(15)22-24-19(26)13-20(27)25(22)14-17-9-11-18(12-10-17)23(3,4)5/h6-13,26H,14H2,1-5H3. The lowest BCUT2D eigenvalue weighted by Gasteiger charge is -2.20. The Balaban J connectivity index is 2.10. The van der Waals surface area contributed by atoms with Gasteiger partial charge in [-0.2, -0.15) is 4.98 Å². The predicted octanol–water partition coefficient (Wildman–Crippen LogP) is 4.58. The lowest BCUT2D eigenvalue weighted by atomic mass is 9.87. The highest BCUT2D eigenvalue weighted by atomic mass is 16.3. The second-order valence-electron chi connectivity index (χ2n) is 8.08. The van der Waals surface area contributed by atoms with E-state index in [1.165, 1.54) is 11.6 Å². The first kappa shape index (κ1) is 18.9. The van der Waals surface area contributed by atoms with E-state index in [9.17, 15) is 9.90 Å². The molecule has 1 aromatic heterocycles. The second-order valence-corrected chi connectivity index (χ2v) is 8.08. The molecule has 3 aromatic rings. The second kappa shape index (κ2) is 7.03. The van der Waals surface area contributed by atoms with Crippen LogP contribution in [0.1, 0.15) is 43.0 Å². The Bertz CT molecular complexity index is 1010. The highest BCUT2D eigenvalue weighted by molar-refractivity contribution is 5.65. The largest absolute Gasteiger partial charge is 0.493 e. The average Bonchev–Trinajstić information content (AvgIpc) is 2.57.